The van der Waals surface area contributed by atoms with Crippen molar-refractivity contribution in [2.75, 3.05) is 70.5 Å². The average Bonchev–Trinajstić information content (AvgIpc) is 0.770. The summed E-state index contributed by atoms with van der Waals surface area (Å²) in [4.78, 5) is 154. The Kier molecular flexibility index (Phi) is 40.9. The maximum Gasteiger partial charge on any atom is 0.435 e. The molecule has 2 N–H and O–H groups in total. The van der Waals surface area contributed by atoms with Gasteiger partial charge in [-0.2, -0.15) is 31.3 Å². The Morgan fingerprint density at radius 3 is 1.45 bits per heavy atom. The summed E-state index contributed by atoms with van der Waals surface area (Å²) in [7, 11) is -9.61. The topological polar surface area (TPSA) is 416 Å². The predicted octanol–water partition coefficient (Wildman–Crippen LogP) is 14.9. The maximum absolute atomic E-state index is 15.5. The fraction of sp³-hybridized carbons (Fsp3) is 0.433. The second-order valence-electron chi connectivity index (χ2n) is 34.9. The third kappa shape index (κ3) is 38.8. The monoisotopic (exact) mass is 1860 g/mol. The number of rotatable bonds is 47. The van der Waals surface area contributed by atoms with Crippen molar-refractivity contribution in [3.05, 3.63) is 232 Å². The molecule has 0 spiro atoms. The van der Waals surface area contributed by atoms with Gasteiger partial charge in [0.05, 0.1) is 82.1 Å². The number of carbonyl (C=O) groups excluding carboxylic acids is 11. The predicted molar refractivity (Wildman–Crippen MR) is 493 cm³/mol. The van der Waals surface area contributed by atoms with Crippen molar-refractivity contribution in [2.45, 2.75) is 210 Å². The van der Waals surface area contributed by atoms with Crippen LogP contribution in [0.3, 0.4) is 0 Å². The molecule has 35 heteroatoms. The zero-order chi connectivity index (χ0) is 97.2. The van der Waals surface area contributed by atoms with Crippen LogP contribution in [0, 0.1) is 0 Å². The second kappa shape index (κ2) is 50.5. The molecule has 712 valence electrons. The Bertz CT molecular complexity index is 5390. The number of aliphatic imine (C=N–C) groups is 2. The van der Waals surface area contributed by atoms with Crippen molar-refractivity contribution in [3.8, 4) is 11.5 Å². The molecule has 0 saturated heterocycles. The lowest BCUT2D eigenvalue weighted by atomic mass is 10.0. The molecule has 4 amide bonds. The summed E-state index contributed by atoms with van der Waals surface area (Å²) in [6, 6.07) is 42.0. The first-order valence-electron chi connectivity index (χ1n) is 43.0. The Hall–Kier alpha value is -12.1. The van der Waals surface area contributed by atoms with Crippen LogP contribution in [0.25, 0.3) is 0 Å². The molecule has 7 aromatic rings. The van der Waals surface area contributed by atoms with E-state index in [-0.39, 0.29) is 136 Å². The highest BCUT2D eigenvalue weighted by Gasteiger charge is 2.45. The Morgan fingerprint density at radius 2 is 0.917 bits per heavy atom. The van der Waals surface area contributed by atoms with Gasteiger partial charge < -0.3 is 62.7 Å². The highest BCUT2D eigenvalue weighted by molar-refractivity contribution is 7.89. The Labute approximate surface area is 772 Å². The van der Waals surface area contributed by atoms with Crippen LogP contribution in [0.5, 0.6) is 11.5 Å². The molecule has 33 nitrogen and oxygen atoms in total. The average molecular weight is 1870 g/mol. The van der Waals surface area contributed by atoms with Gasteiger partial charge in [0.25, 0.3) is 5.91 Å². The third-order valence-electron chi connectivity index (χ3n) is 18.6. The number of amidine groups is 1. The number of ketones is 3. The van der Waals surface area contributed by atoms with Gasteiger partial charge in [-0.3, -0.25) is 28.8 Å². The number of anilines is 1. The molecule has 7 aromatic carbocycles. The minimum atomic E-state index is -5.27. The lowest BCUT2D eigenvalue weighted by Gasteiger charge is -2.35. The van der Waals surface area contributed by atoms with Crippen LogP contribution < -0.4 is 20.1 Å². The number of ether oxygens (including phenoxy) is 11. The summed E-state index contributed by atoms with van der Waals surface area (Å²) >= 11 is 0. The number of benzene rings is 7. The molecule has 132 heavy (non-hydrogen) atoms. The molecule has 0 radical (unpaired) electrons. The highest BCUT2D eigenvalue weighted by atomic mass is 32.2. The smallest absolute Gasteiger partial charge is 0.435 e. The summed E-state index contributed by atoms with van der Waals surface area (Å²) < 4.78 is 123. The van der Waals surface area contributed by atoms with Crippen LogP contribution >= 0.6 is 0 Å². The third-order valence-corrected chi connectivity index (χ3v) is 22.2. The van der Waals surface area contributed by atoms with Crippen molar-refractivity contribution in [3.63, 3.8) is 0 Å². The molecular formula is C97H121N7O26S2. The first kappa shape index (κ1) is 107. The lowest BCUT2D eigenvalue weighted by molar-refractivity contribution is -0.161. The van der Waals surface area contributed by atoms with E-state index < -0.39 is 146 Å². The van der Waals surface area contributed by atoms with Crippen LogP contribution in [-0.2, 0) is 121 Å². The molecule has 0 bridgehead atoms. The zero-order valence-corrected chi connectivity index (χ0v) is 79.3. The number of amides is 4. The minimum absolute atomic E-state index is 0.0292. The van der Waals surface area contributed by atoms with Crippen LogP contribution in [0.1, 0.15) is 211 Å². The molecule has 0 aromatic heterocycles. The summed E-state index contributed by atoms with van der Waals surface area (Å²) in [6.07, 6.45) is -3.35. The molecule has 0 heterocycles. The fourth-order valence-electron chi connectivity index (χ4n) is 12.6. The van der Waals surface area contributed by atoms with E-state index in [4.69, 9.17) is 52.1 Å². The van der Waals surface area contributed by atoms with Gasteiger partial charge >= 0.3 is 52.4 Å². The van der Waals surface area contributed by atoms with E-state index >= 15 is 8.42 Å². The van der Waals surface area contributed by atoms with Gasteiger partial charge in [-0.1, -0.05) is 97.1 Å². The van der Waals surface area contributed by atoms with E-state index in [2.05, 4.69) is 20.6 Å². The largest absolute Gasteiger partial charge is 0.460 e. The lowest BCUT2D eigenvalue weighted by Crippen LogP contribution is -2.54. The van der Waals surface area contributed by atoms with Gasteiger partial charge in [-0.25, -0.2) is 32.4 Å². The molecule has 2 atom stereocenters. The number of Topliss-reactive ketones (excluding diaryl/α,β-unsaturated/α-hetero) is 3. The summed E-state index contributed by atoms with van der Waals surface area (Å²) in [5.41, 5.74) is 0.882. The normalized spacial score (nSPS) is 12.7. The van der Waals surface area contributed by atoms with Crippen LogP contribution in [0.4, 0.5) is 20.1 Å². The number of esters is 4. The molecule has 0 aliphatic heterocycles. The van der Waals surface area contributed by atoms with E-state index in [1.54, 1.807) is 200 Å². The van der Waals surface area contributed by atoms with Crippen molar-refractivity contribution in [1.82, 2.24) is 18.2 Å². The molecule has 0 fully saturated rings. The van der Waals surface area contributed by atoms with Gasteiger partial charge in [0, 0.05) is 68.0 Å². The number of hydrogen-bond donors (Lipinski definition) is 2. The van der Waals surface area contributed by atoms with Gasteiger partial charge in [0.15, 0.2) is 5.78 Å². The number of nitrogens with zero attached hydrogens (tertiary/aromatic N) is 5. The molecule has 0 aliphatic carbocycles. The number of aryl methyl sites for hydroxylation is 1. The van der Waals surface area contributed by atoms with E-state index in [9.17, 15) is 61.2 Å². The van der Waals surface area contributed by atoms with Crippen molar-refractivity contribution in [1.29, 1.82) is 0 Å². The number of carbonyl (C=O) groups is 11. The highest BCUT2D eigenvalue weighted by Crippen LogP contribution is 2.30. The summed E-state index contributed by atoms with van der Waals surface area (Å²) in [5.74, 6) is -5.30. The Morgan fingerprint density at radius 1 is 0.439 bits per heavy atom. The number of nitrogens with one attached hydrogen (secondary N) is 2. The van der Waals surface area contributed by atoms with E-state index in [0.29, 0.717) is 55.1 Å². The summed E-state index contributed by atoms with van der Waals surface area (Å²) in [6.45, 7) is 25.1. The van der Waals surface area contributed by atoms with Gasteiger partial charge in [-0.05, 0) is 236 Å². The standard InChI is InChI=1S/C97H121N7O26S2/c1-66(99-91(113)129-96(11,12)13)57-71-30-36-76(37-31-71)88(110)125-81-42-32-70(33-43-81)46-56-131(116,117)102(83(68(3)106)61-86(108)127-94(5,6)7)63-74-25-20-27-78(59-74)85(107)29-22-48-120-50-52-122-54-55-123-53-51-121-49-47-98-87(109)79-28-21-26-75(60-79)64-103(84(58-67(2)105)90(112)128-95(8,9)10)132(118,119)104(93(115)124-65-73-23-18-17-19-24-73)62-72-34-44-82(45-35-72)126-89(111)77-38-40-80(41-39-77)100-69(4)101-92(114)130-97(14,15)16/h17-21,23-28,30-45,59-60,83-84H,22,29,46-58,61-65H2,1-16H3,(H,98,109)(H,100,101,114)/t83-,84-/m0/s1. The van der Waals surface area contributed by atoms with Crippen LogP contribution in [0.15, 0.2) is 186 Å². The molecule has 7 rings (SSSR count). The van der Waals surface area contributed by atoms with Gasteiger partial charge in [0.2, 0.25) is 10.0 Å². The molecular weight excluding hydrogens is 1740 g/mol. The first-order chi connectivity index (χ1) is 62.1. The quantitative estimate of drug-likeness (QED) is 0.00680. The van der Waals surface area contributed by atoms with Gasteiger partial charge in [0.1, 0.15) is 64.0 Å². The fourth-order valence-corrected chi connectivity index (χ4v) is 15.9. The zero-order valence-electron chi connectivity index (χ0n) is 77.7. The molecule has 0 unspecified atom stereocenters. The van der Waals surface area contributed by atoms with E-state index in [0.717, 1.165) is 16.8 Å². The summed E-state index contributed by atoms with van der Waals surface area (Å²) in [5, 5.41) is 5.72. The maximum atomic E-state index is 15.5. The van der Waals surface area contributed by atoms with Crippen LogP contribution in [0.2, 0.25) is 0 Å². The second-order valence-corrected chi connectivity index (χ2v) is 38.7. The SMILES string of the molecule is CC(=O)C[C@@H](C(=O)OC(C)(C)C)N(Cc1cccc(C(=O)NCCOCCOCCOCCOCCCC(=O)c2cccc(CN([C@@H](CC(=O)OC(C)(C)C)C(C)=O)S(=O)(=O)CCc3ccc(OC(=O)c4ccc(CC(C)=NC(=O)OC(C)(C)C)cc4)cc3)c2)c1)S(=O)(=O)N(Cc1ccc(OC(=O)c2ccc(NC(C)=NC(=O)OC(C)(C)C)cc2)cc1)C(=O)OCc1ccccc1. The van der Waals surface area contributed by atoms with Gasteiger partial charge in [-0.15, -0.1) is 0 Å². The van der Waals surface area contributed by atoms with Crippen LogP contribution in [-0.4, -0.2) is 206 Å². The first-order valence-corrected chi connectivity index (χ1v) is 46.0. The number of hydrogen-bond acceptors (Lipinski definition) is 26. The Balaban J connectivity index is 0.861. The van der Waals surface area contributed by atoms with E-state index in [1.165, 1.54) is 79.7 Å². The van der Waals surface area contributed by atoms with Crippen molar-refractivity contribution >= 4 is 103 Å². The van der Waals surface area contributed by atoms with Crippen molar-refractivity contribution < 1.29 is 122 Å². The van der Waals surface area contributed by atoms with E-state index in [1.807, 2.05) is 0 Å². The number of sulfonamides is 1. The van der Waals surface area contributed by atoms with Crippen molar-refractivity contribution in [2.24, 2.45) is 9.98 Å². The minimum Gasteiger partial charge on any atom is -0.460 e. The molecule has 0 saturated carbocycles. The molecule has 0 aliphatic rings.